The van der Waals surface area contributed by atoms with Gasteiger partial charge in [-0.1, -0.05) is 38.1 Å². The molecule has 0 fully saturated rings. The minimum atomic E-state index is -0.0954. The number of nitrogens with zero attached hydrogens (tertiary/aromatic N) is 1. The number of amides is 2. The zero-order valence-corrected chi connectivity index (χ0v) is 16.0. The highest BCUT2D eigenvalue weighted by Crippen LogP contribution is 2.23. The second-order valence-electron chi connectivity index (χ2n) is 6.88. The molecule has 5 heteroatoms. The van der Waals surface area contributed by atoms with Crippen molar-refractivity contribution in [3.63, 3.8) is 0 Å². The second kappa shape index (κ2) is 8.82. The quantitative estimate of drug-likeness (QED) is 0.791. The van der Waals surface area contributed by atoms with Crippen LogP contribution in [-0.2, 0) is 24.3 Å². The first-order valence-electron chi connectivity index (χ1n) is 9.60. The van der Waals surface area contributed by atoms with Crippen molar-refractivity contribution in [1.82, 2.24) is 10.2 Å². The van der Waals surface area contributed by atoms with E-state index in [0.29, 0.717) is 24.9 Å². The molecule has 3 rings (SSSR count). The van der Waals surface area contributed by atoms with Crippen LogP contribution in [0.3, 0.4) is 0 Å². The van der Waals surface area contributed by atoms with E-state index in [-0.39, 0.29) is 11.8 Å². The predicted molar refractivity (Wildman–Crippen MR) is 108 cm³/mol. The fraction of sp³-hybridized carbons (Fsp3) is 0.364. The molecule has 0 aromatic heterocycles. The number of benzene rings is 2. The highest BCUT2D eigenvalue weighted by molar-refractivity contribution is 5.97. The van der Waals surface area contributed by atoms with E-state index < -0.39 is 0 Å². The average Bonchev–Trinajstić information content (AvgIpc) is 2.70. The SMILES string of the molecule is CCN(CC)Cc1ccc(CNC(=O)c2ccc3c(c2)CCC(=O)N3)cc1. The molecule has 0 spiro atoms. The van der Waals surface area contributed by atoms with E-state index in [2.05, 4.69) is 53.6 Å². The lowest BCUT2D eigenvalue weighted by Crippen LogP contribution is -2.24. The molecule has 2 aromatic rings. The molecule has 1 heterocycles. The Morgan fingerprint density at radius 2 is 1.74 bits per heavy atom. The van der Waals surface area contributed by atoms with Gasteiger partial charge in [0.25, 0.3) is 5.91 Å². The molecule has 0 aliphatic carbocycles. The molecule has 2 amide bonds. The summed E-state index contributed by atoms with van der Waals surface area (Å²) in [6.07, 6.45) is 1.15. The smallest absolute Gasteiger partial charge is 0.251 e. The van der Waals surface area contributed by atoms with Crippen LogP contribution in [0.4, 0.5) is 5.69 Å². The Hall–Kier alpha value is -2.66. The molecule has 0 bridgehead atoms. The molecule has 0 unspecified atom stereocenters. The Bertz CT molecular complexity index is 811. The van der Waals surface area contributed by atoms with Crippen molar-refractivity contribution in [2.45, 2.75) is 39.8 Å². The van der Waals surface area contributed by atoms with Crippen LogP contribution in [0.2, 0.25) is 0 Å². The van der Waals surface area contributed by atoms with Gasteiger partial charge < -0.3 is 10.6 Å². The number of carbonyl (C=O) groups is 2. The molecule has 2 aromatic carbocycles. The normalized spacial score (nSPS) is 13.2. The molecule has 0 radical (unpaired) electrons. The Labute approximate surface area is 160 Å². The third kappa shape index (κ3) is 4.95. The maximum atomic E-state index is 12.5. The van der Waals surface area contributed by atoms with Crippen molar-refractivity contribution in [1.29, 1.82) is 0 Å². The Balaban J connectivity index is 1.57. The Morgan fingerprint density at radius 3 is 2.44 bits per heavy atom. The van der Waals surface area contributed by atoms with Gasteiger partial charge in [0, 0.05) is 30.8 Å². The number of aryl methyl sites for hydroxylation is 1. The summed E-state index contributed by atoms with van der Waals surface area (Å²) in [7, 11) is 0. The predicted octanol–water partition coefficient (Wildman–Crippen LogP) is 3.34. The topological polar surface area (TPSA) is 61.4 Å². The van der Waals surface area contributed by atoms with Crippen molar-refractivity contribution >= 4 is 17.5 Å². The van der Waals surface area contributed by atoms with Gasteiger partial charge in [0.1, 0.15) is 0 Å². The van der Waals surface area contributed by atoms with E-state index in [1.54, 1.807) is 6.07 Å². The van der Waals surface area contributed by atoms with Crippen LogP contribution in [0.15, 0.2) is 42.5 Å². The lowest BCUT2D eigenvalue weighted by atomic mass is 10.00. The molecule has 1 aliphatic rings. The largest absolute Gasteiger partial charge is 0.348 e. The summed E-state index contributed by atoms with van der Waals surface area (Å²) < 4.78 is 0. The van der Waals surface area contributed by atoms with Crippen molar-refractivity contribution in [3.8, 4) is 0 Å². The summed E-state index contributed by atoms with van der Waals surface area (Å²) in [5.74, 6) is -0.0638. The van der Waals surface area contributed by atoms with Gasteiger partial charge in [0.2, 0.25) is 5.91 Å². The molecule has 0 saturated carbocycles. The second-order valence-corrected chi connectivity index (χ2v) is 6.88. The summed E-state index contributed by atoms with van der Waals surface area (Å²) in [5.41, 5.74) is 4.82. The first-order chi connectivity index (χ1) is 13.1. The number of fused-ring (bicyclic) bond motifs is 1. The molecular weight excluding hydrogens is 338 g/mol. The molecule has 27 heavy (non-hydrogen) atoms. The first-order valence-corrected chi connectivity index (χ1v) is 9.60. The molecule has 0 saturated heterocycles. The van der Waals surface area contributed by atoms with Gasteiger partial charge in [0.15, 0.2) is 0 Å². The van der Waals surface area contributed by atoms with E-state index in [0.717, 1.165) is 36.4 Å². The van der Waals surface area contributed by atoms with Crippen LogP contribution in [0.5, 0.6) is 0 Å². The van der Waals surface area contributed by atoms with Crippen molar-refractivity contribution in [2.75, 3.05) is 18.4 Å². The van der Waals surface area contributed by atoms with Gasteiger partial charge in [-0.05, 0) is 54.4 Å². The molecule has 2 N–H and O–H groups in total. The summed E-state index contributed by atoms with van der Waals surface area (Å²) in [6, 6.07) is 13.8. The summed E-state index contributed by atoms with van der Waals surface area (Å²) >= 11 is 0. The van der Waals surface area contributed by atoms with Crippen LogP contribution < -0.4 is 10.6 Å². The zero-order valence-electron chi connectivity index (χ0n) is 16.0. The van der Waals surface area contributed by atoms with Crippen LogP contribution in [0.25, 0.3) is 0 Å². The standard InChI is InChI=1S/C22H27N3O2/c1-3-25(4-2)15-17-7-5-16(6-8-17)14-23-22(27)19-9-11-20-18(13-19)10-12-21(26)24-20/h5-9,11,13H,3-4,10,12,14-15H2,1-2H3,(H,23,27)(H,24,26). The monoisotopic (exact) mass is 365 g/mol. The van der Waals surface area contributed by atoms with Crippen molar-refractivity contribution < 1.29 is 9.59 Å². The fourth-order valence-corrected chi connectivity index (χ4v) is 3.28. The van der Waals surface area contributed by atoms with Gasteiger partial charge >= 0.3 is 0 Å². The minimum absolute atomic E-state index is 0.0316. The van der Waals surface area contributed by atoms with Gasteiger partial charge in [0.05, 0.1) is 0 Å². The van der Waals surface area contributed by atoms with Gasteiger partial charge in [-0.15, -0.1) is 0 Å². The average molecular weight is 365 g/mol. The molecule has 0 atom stereocenters. The molecule has 1 aliphatic heterocycles. The van der Waals surface area contributed by atoms with Crippen molar-refractivity contribution in [3.05, 3.63) is 64.7 Å². The lowest BCUT2D eigenvalue weighted by Gasteiger charge is -2.18. The molecular formula is C22H27N3O2. The van der Waals surface area contributed by atoms with Crippen LogP contribution in [0, 0.1) is 0 Å². The van der Waals surface area contributed by atoms with E-state index in [4.69, 9.17) is 0 Å². The van der Waals surface area contributed by atoms with Gasteiger partial charge in [-0.25, -0.2) is 0 Å². The zero-order chi connectivity index (χ0) is 19.2. The number of hydrogen-bond donors (Lipinski definition) is 2. The number of carbonyl (C=O) groups excluding carboxylic acids is 2. The van der Waals surface area contributed by atoms with E-state index in [1.165, 1.54) is 5.56 Å². The summed E-state index contributed by atoms with van der Waals surface area (Å²) in [5, 5.41) is 5.81. The van der Waals surface area contributed by atoms with Gasteiger partial charge in [-0.2, -0.15) is 0 Å². The third-order valence-corrected chi connectivity index (χ3v) is 5.04. The number of rotatable bonds is 7. The number of anilines is 1. The Kier molecular flexibility index (Phi) is 6.24. The first kappa shape index (κ1) is 19.1. The van der Waals surface area contributed by atoms with Crippen LogP contribution >= 0.6 is 0 Å². The summed E-state index contributed by atoms with van der Waals surface area (Å²) in [4.78, 5) is 26.3. The molecule has 5 nitrogen and oxygen atoms in total. The highest BCUT2D eigenvalue weighted by atomic mass is 16.2. The maximum Gasteiger partial charge on any atom is 0.251 e. The van der Waals surface area contributed by atoms with Crippen molar-refractivity contribution in [2.24, 2.45) is 0 Å². The minimum Gasteiger partial charge on any atom is -0.348 e. The number of hydrogen-bond acceptors (Lipinski definition) is 3. The molecule has 142 valence electrons. The van der Waals surface area contributed by atoms with E-state index in [9.17, 15) is 9.59 Å². The lowest BCUT2D eigenvalue weighted by molar-refractivity contribution is -0.116. The van der Waals surface area contributed by atoms with E-state index >= 15 is 0 Å². The van der Waals surface area contributed by atoms with Crippen LogP contribution in [-0.4, -0.2) is 29.8 Å². The van der Waals surface area contributed by atoms with Crippen LogP contribution in [0.1, 0.15) is 47.3 Å². The third-order valence-electron chi connectivity index (χ3n) is 5.04. The van der Waals surface area contributed by atoms with E-state index in [1.807, 2.05) is 12.1 Å². The highest BCUT2D eigenvalue weighted by Gasteiger charge is 2.16. The Morgan fingerprint density at radius 1 is 1.04 bits per heavy atom. The number of nitrogens with one attached hydrogen (secondary N) is 2. The fourth-order valence-electron chi connectivity index (χ4n) is 3.28. The van der Waals surface area contributed by atoms with Gasteiger partial charge in [-0.3, -0.25) is 14.5 Å². The maximum absolute atomic E-state index is 12.5. The summed E-state index contributed by atoms with van der Waals surface area (Å²) in [6.45, 7) is 7.87.